The SMILES string of the molecule is CCCCCCCCCCCCCCCCOc1ccc(CN(C(=O)c2cc[n+](CC)cc2)c2ccccc2)cc1Cl.[I-]. The number of para-hydroxylation sites is 1. The Hall–Kier alpha value is -2.12. The van der Waals surface area contributed by atoms with Gasteiger partial charge in [-0.2, -0.15) is 0 Å². The summed E-state index contributed by atoms with van der Waals surface area (Å²) in [6.07, 6.45) is 22.7. The number of rotatable bonds is 21. The van der Waals surface area contributed by atoms with E-state index in [0.29, 0.717) is 29.5 Å². The van der Waals surface area contributed by atoms with Gasteiger partial charge in [0.1, 0.15) is 12.3 Å². The number of pyridine rings is 1. The molecule has 0 saturated carbocycles. The zero-order chi connectivity index (χ0) is 29.8. The molecule has 0 fully saturated rings. The van der Waals surface area contributed by atoms with Gasteiger partial charge in [0.25, 0.3) is 5.91 Å². The number of anilines is 1. The van der Waals surface area contributed by atoms with Gasteiger partial charge in [-0.1, -0.05) is 126 Å². The fourth-order valence-electron chi connectivity index (χ4n) is 5.28. The third-order valence-electron chi connectivity index (χ3n) is 7.91. The van der Waals surface area contributed by atoms with Crippen LogP contribution < -0.4 is 38.2 Å². The van der Waals surface area contributed by atoms with Crippen molar-refractivity contribution in [2.45, 2.75) is 117 Å². The molecule has 4 nitrogen and oxygen atoms in total. The Labute approximate surface area is 283 Å². The monoisotopic (exact) mass is 718 g/mol. The van der Waals surface area contributed by atoms with E-state index >= 15 is 0 Å². The first kappa shape index (κ1) is 37.1. The lowest BCUT2D eigenvalue weighted by atomic mass is 10.0. The molecule has 0 unspecified atom stereocenters. The molecule has 0 aliphatic heterocycles. The van der Waals surface area contributed by atoms with Crippen LogP contribution in [0.1, 0.15) is 120 Å². The lowest BCUT2D eigenvalue weighted by molar-refractivity contribution is -0.693. The minimum absolute atomic E-state index is 0. The van der Waals surface area contributed by atoms with E-state index in [0.717, 1.165) is 24.2 Å². The number of carbonyl (C=O) groups excluding carboxylic acids is 1. The van der Waals surface area contributed by atoms with Crippen molar-refractivity contribution < 1.29 is 38.1 Å². The van der Waals surface area contributed by atoms with Crippen molar-refractivity contribution >= 4 is 23.2 Å². The zero-order valence-corrected chi connectivity index (χ0v) is 29.3. The van der Waals surface area contributed by atoms with Gasteiger partial charge in [-0.05, 0) is 43.2 Å². The quantitative estimate of drug-likeness (QED) is 0.0656. The van der Waals surface area contributed by atoms with Gasteiger partial charge in [-0.3, -0.25) is 4.79 Å². The number of unbranched alkanes of at least 4 members (excludes halogenated alkanes) is 13. The fourth-order valence-corrected chi connectivity index (χ4v) is 5.53. The van der Waals surface area contributed by atoms with Gasteiger partial charge in [0, 0.05) is 17.8 Å². The Morgan fingerprint density at radius 1 is 0.744 bits per heavy atom. The maximum atomic E-state index is 13.5. The number of hydrogen-bond donors (Lipinski definition) is 0. The highest BCUT2D eigenvalue weighted by Crippen LogP contribution is 2.28. The van der Waals surface area contributed by atoms with Gasteiger partial charge in [-0.25, -0.2) is 4.57 Å². The van der Waals surface area contributed by atoms with Crippen molar-refractivity contribution in [2.75, 3.05) is 11.5 Å². The minimum Gasteiger partial charge on any atom is -1.00 e. The molecule has 0 spiro atoms. The van der Waals surface area contributed by atoms with Crippen molar-refractivity contribution in [1.82, 2.24) is 0 Å². The first-order valence-corrected chi connectivity index (χ1v) is 16.8. The largest absolute Gasteiger partial charge is 1.00 e. The summed E-state index contributed by atoms with van der Waals surface area (Å²) in [5, 5.41) is 0.585. The Morgan fingerprint density at radius 3 is 1.84 bits per heavy atom. The van der Waals surface area contributed by atoms with Gasteiger partial charge in [-0.15, -0.1) is 0 Å². The van der Waals surface area contributed by atoms with Crippen molar-refractivity contribution in [1.29, 1.82) is 0 Å². The molecule has 0 saturated heterocycles. The van der Waals surface area contributed by atoms with Gasteiger partial charge >= 0.3 is 0 Å². The number of amides is 1. The van der Waals surface area contributed by atoms with Crippen LogP contribution in [0.5, 0.6) is 5.75 Å². The molecule has 1 amide bonds. The molecule has 6 heteroatoms. The molecular formula is C37H52ClIN2O2. The molecule has 3 rings (SSSR count). The normalized spacial score (nSPS) is 10.8. The Morgan fingerprint density at radius 2 is 1.30 bits per heavy atom. The third kappa shape index (κ3) is 14.0. The predicted molar refractivity (Wildman–Crippen MR) is 177 cm³/mol. The molecule has 236 valence electrons. The van der Waals surface area contributed by atoms with Crippen molar-refractivity contribution in [3.63, 3.8) is 0 Å². The van der Waals surface area contributed by atoms with E-state index < -0.39 is 0 Å². The second kappa shape index (κ2) is 22.4. The standard InChI is InChI=1S/C37H52ClN2O2.HI/c1-3-5-6-7-8-9-10-11-12-13-14-15-16-20-29-42-36-24-23-32(30-35(36)38)31-40(34-21-18-17-19-22-34)37(41)33-25-27-39(4-2)28-26-33;/h17-19,21-28,30H,3-16,20,29,31H2,1-2H3;1H/q+1;/p-1. The number of nitrogens with zero attached hydrogens (tertiary/aromatic N) is 2. The fraction of sp³-hybridized carbons (Fsp3) is 0.514. The predicted octanol–water partition coefficient (Wildman–Crippen LogP) is 7.36. The van der Waals surface area contributed by atoms with Crippen LogP contribution in [0.2, 0.25) is 5.02 Å². The maximum absolute atomic E-state index is 13.5. The van der Waals surface area contributed by atoms with E-state index in [2.05, 4.69) is 13.8 Å². The zero-order valence-electron chi connectivity index (χ0n) is 26.4. The van der Waals surface area contributed by atoms with Crippen LogP contribution in [0.15, 0.2) is 73.1 Å². The van der Waals surface area contributed by atoms with Crippen LogP contribution in [0.3, 0.4) is 0 Å². The molecule has 1 aromatic heterocycles. The average molecular weight is 719 g/mol. The number of carbonyl (C=O) groups is 1. The van der Waals surface area contributed by atoms with E-state index in [9.17, 15) is 4.79 Å². The second-order valence-electron chi connectivity index (χ2n) is 11.4. The van der Waals surface area contributed by atoms with E-state index in [1.807, 2.05) is 77.6 Å². The van der Waals surface area contributed by atoms with E-state index in [4.69, 9.17) is 16.3 Å². The van der Waals surface area contributed by atoms with Crippen molar-refractivity contribution in [2.24, 2.45) is 0 Å². The van der Waals surface area contributed by atoms with Crippen LogP contribution in [0.4, 0.5) is 5.69 Å². The summed E-state index contributed by atoms with van der Waals surface area (Å²) in [5.41, 5.74) is 2.47. The molecule has 3 aromatic rings. The molecule has 0 aliphatic carbocycles. The minimum atomic E-state index is -0.0429. The van der Waals surface area contributed by atoms with Gasteiger partial charge in [0.15, 0.2) is 12.4 Å². The van der Waals surface area contributed by atoms with Gasteiger partial charge < -0.3 is 33.6 Å². The lowest BCUT2D eigenvalue weighted by Crippen LogP contribution is -3.00. The van der Waals surface area contributed by atoms with Crippen LogP contribution in [0, 0.1) is 0 Å². The average Bonchev–Trinajstić information content (AvgIpc) is 3.02. The molecule has 0 radical (unpaired) electrons. The Bertz CT molecular complexity index is 1160. The van der Waals surface area contributed by atoms with Crippen LogP contribution >= 0.6 is 11.6 Å². The van der Waals surface area contributed by atoms with Crippen molar-refractivity contribution in [3.8, 4) is 5.75 Å². The second-order valence-corrected chi connectivity index (χ2v) is 11.8. The Balaban J connectivity index is 0.00000645. The van der Waals surface area contributed by atoms with Gasteiger partial charge in [0.2, 0.25) is 0 Å². The molecule has 1 heterocycles. The number of aromatic nitrogens is 1. The van der Waals surface area contributed by atoms with E-state index in [1.54, 1.807) is 4.90 Å². The Kier molecular flexibility index (Phi) is 19.3. The topological polar surface area (TPSA) is 33.4 Å². The van der Waals surface area contributed by atoms with E-state index in [1.165, 1.54) is 83.5 Å². The molecule has 0 bridgehead atoms. The van der Waals surface area contributed by atoms with Gasteiger partial charge in [0.05, 0.1) is 23.7 Å². The summed E-state index contributed by atoms with van der Waals surface area (Å²) in [5.74, 6) is 0.665. The number of halogens is 2. The summed E-state index contributed by atoms with van der Waals surface area (Å²) in [6.45, 7) is 6.32. The summed E-state index contributed by atoms with van der Waals surface area (Å²) >= 11 is 6.62. The molecular weight excluding hydrogens is 667 g/mol. The third-order valence-corrected chi connectivity index (χ3v) is 8.20. The van der Waals surface area contributed by atoms with Crippen LogP contribution in [-0.4, -0.2) is 12.5 Å². The van der Waals surface area contributed by atoms with Crippen LogP contribution in [-0.2, 0) is 13.1 Å². The number of hydrogen-bond acceptors (Lipinski definition) is 2. The first-order chi connectivity index (χ1) is 20.6. The molecule has 0 atom stereocenters. The molecule has 2 aromatic carbocycles. The summed E-state index contributed by atoms with van der Waals surface area (Å²) in [6, 6.07) is 19.4. The highest BCUT2D eigenvalue weighted by Gasteiger charge is 2.20. The first-order valence-electron chi connectivity index (χ1n) is 16.4. The number of aryl methyl sites for hydroxylation is 1. The van der Waals surface area contributed by atoms with E-state index in [-0.39, 0.29) is 29.9 Å². The van der Waals surface area contributed by atoms with Crippen LogP contribution in [0.25, 0.3) is 0 Å². The van der Waals surface area contributed by atoms with Crippen molar-refractivity contribution in [3.05, 3.63) is 89.2 Å². The molecule has 0 N–H and O–H groups in total. The highest BCUT2D eigenvalue weighted by atomic mass is 127. The summed E-state index contributed by atoms with van der Waals surface area (Å²) < 4.78 is 8.05. The highest BCUT2D eigenvalue weighted by molar-refractivity contribution is 6.32. The smallest absolute Gasteiger partial charge is 0.259 e. The molecule has 0 aliphatic rings. The maximum Gasteiger partial charge on any atom is 0.259 e. The number of benzene rings is 2. The summed E-state index contributed by atoms with van der Waals surface area (Å²) in [7, 11) is 0. The molecule has 43 heavy (non-hydrogen) atoms. The lowest BCUT2D eigenvalue weighted by Gasteiger charge is -2.23. The number of ether oxygens (including phenoxy) is 1. The summed E-state index contributed by atoms with van der Waals surface area (Å²) in [4.78, 5) is 15.3.